The van der Waals surface area contributed by atoms with Gasteiger partial charge >= 0.3 is 12.1 Å². The van der Waals surface area contributed by atoms with E-state index in [4.69, 9.17) is 13.9 Å². The number of aromatic nitrogens is 1. The molecule has 0 spiro atoms. The first-order chi connectivity index (χ1) is 18.3. The number of hydrogen-bond donors (Lipinski definition) is 1. The highest BCUT2D eigenvalue weighted by atomic mass is 19.1. The molecule has 0 fully saturated rings. The van der Waals surface area contributed by atoms with Crippen LogP contribution in [-0.2, 0) is 17.8 Å². The van der Waals surface area contributed by atoms with Crippen LogP contribution in [0.2, 0.25) is 0 Å². The first-order valence-electron chi connectivity index (χ1n) is 12.0. The highest BCUT2D eigenvalue weighted by Gasteiger charge is 2.20. The van der Waals surface area contributed by atoms with Crippen LogP contribution in [0.25, 0.3) is 11.5 Å². The van der Waals surface area contributed by atoms with Gasteiger partial charge in [-0.15, -0.1) is 0 Å². The molecule has 1 aromatic heterocycles. The smallest absolute Gasteiger partial charge is 0.416 e. The standard InChI is InChI=1S/C29H27FN2O6/c1-19-11-12-24(16-25(19)30)38-29(35)32(18-27(33)34)17-21-7-6-10-23(15-21)36-14-13-26-20(2)37-28(31-26)22-8-4-3-5-9-22/h3-12,15-16H,13-14,17-18H2,1-2H3,(H,33,34). The van der Waals surface area contributed by atoms with Crippen LogP contribution in [0.3, 0.4) is 0 Å². The van der Waals surface area contributed by atoms with E-state index in [9.17, 15) is 19.1 Å². The Morgan fingerprint density at radius 3 is 2.53 bits per heavy atom. The molecule has 0 aliphatic rings. The van der Waals surface area contributed by atoms with E-state index in [1.807, 2.05) is 37.3 Å². The number of rotatable bonds is 10. The molecule has 4 rings (SSSR count). The lowest BCUT2D eigenvalue weighted by atomic mass is 10.2. The third-order valence-electron chi connectivity index (χ3n) is 5.73. The van der Waals surface area contributed by atoms with Crippen molar-refractivity contribution in [3.8, 4) is 23.0 Å². The summed E-state index contributed by atoms with van der Waals surface area (Å²) < 4.78 is 30.7. The van der Waals surface area contributed by atoms with E-state index in [2.05, 4.69) is 4.98 Å². The number of benzene rings is 3. The summed E-state index contributed by atoms with van der Waals surface area (Å²) in [6, 6.07) is 20.6. The Morgan fingerprint density at radius 1 is 1.00 bits per heavy atom. The first kappa shape index (κ1) is 26.4. The Balaban J connectivity index is 1.38. The van der Waals surface area contributed by atoms with Crippen LogP contribution in [0.15, 0.2) is 77.2 Å². The van der Waals surface area contributed by atoms with E-state index in [1.165, 1.54) is 12.1 Å². The molecule has 0 saturated heterocycles. The number of carboxylic acids is 1. The largest absolute Gasteiger partial charge is 0.493 e. The van der Waals surface area contributed by atoms with Crippen LogP contribution in [0, 0.1) is 19.7 Å². The maximum absolute atomic E-state index is 13.8. The summed E-state index contributed by atoms with van der Waals surface area (Å²) in [5.41, 5.74) is 2.73. The fraction of sp³-hybridized carbons (Fsp3) is 0.207. The van der Waals surface area contributed by atoms with Crippen molar-refractivity contribution in [2.24, 2.45) is 0 Å². The molecule has 8 nitrogen and oxygen atoms in total. The van der Waals surface area contributed by atoms with Gasteiger partial charge < -0.3 is 19.0 Å². The van der Waals surface area contributed by atoms with Gasteiger partial charge in [0.2, 0.25) is 5.89 Å². The topological polar surface area (TPSA) is 102 Å². The summed E-state index contributed by atoms with van der Waals surface area (Å²) in [5.74, 6) is 0.0843. The van der Waals surface area contributed by atoms with E-state index in [0.717, 1.165) is 28.0 Å². The molecule has 0 bridgehead atoms. The molecule has 0 aliphatic heterocycles. The number of nitrogens with zero attached hydrogens (tertiary/aromatic N) is 2. The molecule has 1 heterocycles. The summed E-state index contributed by atoms with van der Waals surface area (Å²) in [7, 11) is 0. The maximum atomic E-state index is 13.8. The molecule has 3 aromatic carbocycles. The third-order valence-corrected chi connectivity index (χ3v) is 5.73. The van der Waals surface area contributed by atoms with Crippen molar-refractivity contribution < 1.29 is 33.0 Å². The van der Waals surface area contributed by atoms with Crippen molar-refractivity contribution in [3.63, 3.8) is 0 Å². The number of oxazole rings is 1. The summed E-state index contributed by atoms with van der Waals surface area (Å²) in [5, 5.41) is 9.29. The number of amides is 1. The van der Waals surface area contributed by atoms with Gasteiger partial charge in [0.1, 0.15) is 29.6 Å². The molecular weight excluding hydrogens is 491 g/mol. The van der Waals surface area contributed by atoms with E-state index in [1.54, 1.807) is 31.2 Å². The van der Waals surface area contributed by atoms with Crippen molar-refractivity contribution in [1.82, 2.24) is 9.88 Å². The highest BCUT2D eigenvalue weighted by molar-refractivity contribution is 5.78. The molecule has 4 aromatic rings. The van der Waals surface area contributed by atoms with Crippen LogP contribution < -0.4 is 9.47 Å². The average molecular weight is 519 g/mol. The Morgan fingerprint density at radius 2 is 1.79 bits per heavy atom. The fourth-order valence-corrected chi connectivity index (χ4v) is 3.73. The van der Waals surface area contributed by atoms with Crippen molar-refractivity contribution in [2.75, 3.05) is 13.2 Å². The quantitative estimate of drug-likeness (QED) is 0.283. The Kier molecular flexibility index (Phi) is 8.37. The second-order valence-corrected chi connectivity index (χ2v) is 8.66. The van der Waals surface area contributed by atoms with Gasteiger partial charge in [0.05, 0.1) is 12.3 Å². The molecule has 1 N–H and O–H groups in total. The molecule has 1 amide bonds. The molecule has 0 aliphatic carbocycles. The SMILES string of the molecule is Cc1ccc(OC(=O)N(CC(=O)O)Cc2cccc(OCCc3nc(-c4ccccc4)oc3C)c2)cc1F. The molecular formula is C29H27FN2O6. The zero-order chi connectivity index (χ0) is 27.1. The zero-order valence-corrected chi connectivity index (χ0v) is 21.0. The van der Waals surface area contributed by atoms with Gasteiger partial charge in [-0.05, 0) is 55.3 Å². The van der Waals surface area contributed by atoms with Gasteiger partial charge in [-0.2, -0.15) is 0 Å². The van der Waals surface area contributed by atoms with E-state index in [-0.39, 0.29) is 12.3 Å². The van der Waals surface area contributed by atoms with Crippen molar-refractivity contribution in [3.05, 3.63) is 101 Å². The van der Waals surface area contributed by atoms with Crippen LogP contribution in [0.5, 0.6) is 11.5 Å². The third kappa shape index (κ3) is 6.97. The molecule has 0 unspecified atom stereocenters. The molecule has 0 atom stereocenters. The summed E-state index contributed by atoms with van der Waals surface area (Å²) >= 11 is 0. The fourth-order valence-electron chi connectivity index (χ4n) is 3.73. The number of carboxylic acid groups (broad SMARTS) is 1. The van der Waals surface area contributed by atoms with Crippen LogP contribution in [0.4, 0.5) is 9.18 Å². The molecule has 9 heteroatoms. The van der Waals surface area contributed by atoms with Crippen molar-refractivity contribution >= 4 is 12.1 Å². The van der Waals surface area contributed by atoms with Crippen LogP contribution in [0.1, 0.15) is 22.6 Å². The van der Waals surface area contributed by atoms with Gasteiger partial charge in [0.25, 0.3) is 0 Å². The van der Waals surface area contributed by atoms with Gasteiger partial charge in [0, 0.05) is 24.6 Å². The predicted octanol–water partition coefficient (Wildman–Crippen LogP) is 5.80. The minimum Gasteiger partial charge on any atom is -0.493 e. The number of carbonyl (C=O) groups is 2. The van der Waals surface area contributed by atoms with Crippen molar-refractivity contribution in [2.45, 2.75) is 26.8 Å². The number of hydrogen-bond acceptors (Lipinski definition) is 6. The lowest BCUT2D eigenvalue weighted by molar-refractivity contribution is -0.138. The molecule has 0 radical (unpaired) electrons. The average Bonchev–Trinajstić information content (AvgIpc) is 3.26. The van der Waals surface area contributed by atoms with Crippen LogP contribution >= 0.6 is 0 Å². The second-order valence-electron chi connectivity index (χ2n) is 8.66. The van der Waals surface area contributed by atoms with E-state index >= 15 is 0 Å². The first-order valence-corrected chi connectivity index (χ1v) is 12.0. The second kappa shape index (κ2) is 12.1. The summed E-state index contributed by atoms with van der Waals surface area (Å²) in [4.78, 5) is 29.6. The highest BCUT2D eigenvalue weighted by Crippen LogP contribution is 2.23. The predicted molar refractivity (Wildman–Crippen MR) is 138 cm³/mol. The number of aryl methyl sites for hydroxylation is 2. The monoisotopic (exact) mass is 518 g/mol. The molecule has 196 valence electrons. The summed E-state index contributed by atoms with van der Waals surface area (Å²) in [6.07, 6.45) is -0.380. The Bertz CT molecular complexity index is 1420. The molecule has 0 saturated carbocycles. The lowest BCUT2D eigenvalue weighted by Crippen LogP contribution is -2.37. The number of halogens is 1. The Hall–Kier alpha value is -4.66. The van der Waals surface area contributed by atoms with E-state index in [0.29, 0.717) is 35.8 Å². The number of aliphatic carboxylic acids is 1. The zero-order valence-electron chi connectivity index (χ0n) is 21.0. The van der Waals surface area contributed by atoms with Gasteiger partial charge in [-0.3, -0.25) is 9.69 Å². The van der Waals surface area contributed by atoms with Crippen LogP contribution in [-0.4, -0.2) is 40.2 Å². The minimum absolute atomic E-state index is 0.0101. The normalized spacial score (nSPS) is 10.7. The molecule has 38 heavy (non-hydrogen) atoms. The number of ether oxygens (including phenoxy) is 2. The lowest BCUT2D eigenvalue weighted by Gasteiger charge is -2.20. The minimum atomic E-state index is -1.21. The van der Waals surface area contributed by atoms with E-state index < -0.39 is 24.4 Å². The van der Waals surface area contributed by atoms with Gasteiger partial charge in [-0.25, -0.2) is 14.2 Å². The van der Waals surface area contributed by atoms with Crippen molar-refractivity contribution in [1.29, 1.82) is 0 Å². The Labute approximate surface area is 219 Å². The number of carbonyl (C=O) groups excluding carboxylic acids is 1. The maximum Gasteiger partial charge on any atom is 0.416 e. The van der Waals surface area contributed by atoms with Gasteiger partial charge in [0.15, 0.2) is 0 Å². The summed E-state index contributed by atoms with van der Waals surface area (Å²) in [6.45, 7) is 3.15. The van der Waals surface area contributed by atoms with Gasteiger partial charge in [-0.1, -0.05) is 36.4 Å².